The van der Waals surface area contributed by atoms with E-state index in [0.717, 1.165) is 16.7 Å². The van der Waals surface area contributed by atoms with Crippen LogP contribution in [0.5, 0.6) is 0 Å². The number of carbonyl (C=O) groups is 1. The molecule has 28 heavy (non-hydrogen) atoms. The van der Waals surface area contributed by atoms with Crippen LogP contribution in [-0.4, -0.2) is 53.4 Å². The lowest BCUT2D eigenvalue weighted by atomic mass is 9.96. The molecule has 1 aliphatic heterocycles. The van der Waals surface area contributed by atoms with Gasteiger partial charge < -0.3 is 4.90 Å². The number of rotatable bonds is 5. The fourth-order valence-electron chi connectivity index (χ4n) is 3.58. The molecule has 7 nitrogen and oxygen atoms in total. The Balaban J connectivity index is 1.61. The Bertz CT molecular complexity index is 960. The van der Waals surface area contributed by atoms with Crippen LogP contribution in [0, 0.1) is 19.8 Å². The van der Waals surface area contributed by atoms with E-state index in [1.165, 1.54) is 4.31 Å². The van der Waals surface area contributed by atoms with Crippen LogP contribution in [0.15, 0.2) is 35.5 Å². The second-order valence-corrected chi connectivity index (χ2v) is 9.58. The Morgan fingerprint density at radius 1 is 1.21 bits per heavy atom. The highest BCUT2D eigenvalue weighted by molar-refractivity contribution is 7.89. The van der Waals surface area contributed by atoms with E-state index in [4.69, 9.17) is 0 Å². The minimum absolute atomic E-state index is 0.0621. The van der Waals surface area contributed by atoms with E-state index < -0.39 is 10.0 Å². The van der Waals surface area contributed by atoms with Crippen LogP contribution in [0.3, 0.4) is 0 Å². The first-order valence-corrected chi connectivity index (χ1v) is 10.9. The van der Waals surface area contributed by atoms with Crippen LogP contribution in [-0.2, 0) is 28.4 Å². The van der Waals surface area contributed by atoms with Gasteiger partial charge in [0.15, 0.2) is 0 Å². The maximum absolute atomic E-state index is 12.9. The second-order valence-electron chi connectivity index (χ2n) is 7.64. The summed E-state index contributed by atoms with van der Waals surface area (Å²) in [6.45, 7) is 5.12. The first-order valence-electron chi connectivity index (χ1n) is 9.48. The van der Waals surface area contributed by atoms with E-state index in [-0.39, 0.29) is 11.8 Å². The zero-order chi connectivity index (χ0) is 20.5. The maximum atomic E-state index is 12.9. The Labute approximate surface area is 167 Å². The number of amides is 1. The average molecular weight is 405 g/mol. The number of aryl methyl sites for hydroxylation is 3. The minimum Gasteiger partial charge on any atom is -0.341 e. The molecule has 8 heteroatoms. The maximum Gasteiger partial charge on any atom is 0.243 e. The van der Waals surface area contributed by atoms with Crippen LogP contribution in [0.2, 0.25) is 0 Å². The van der Waals surface area contributed by atoms with Gasteiger partial charge in [0.25, 0.3) is 0 Å². The van der Waals surface area contributed by atoms with E-state index in [2.05, 4.69) is 5.10 Å². The van der Waals surface area contributed by atoms with Crippen molar-refractivity contribution in [3.8, 4) is 0 Å². The van der Waals surface area contributed by atoms with Crippen molar-refractivity contribution in [3.05, 3.63) is 47.3 Å². The number of carbonyl (C=O) groups excluding carboxylic acids is 1. The lowest BCUT2D eigenvalue weighted by Gasteiger charge is -2.32. The van der Waals surface area contributed by atoms with Gasteiger partial charge in [-0.1, -0.05) is 6.07 Å². The summed E-state index contributed by atoms with van der Waals surface area (Å²) in [6, 6.07) is 5.23. The molecule has 3 rings (SSSR count). The molecule has 0 atom stereocenters. The Hall–Kier alpha value is -2.19. The van der Waals surface area contributed by atoms with Crippen LogP contribution < -0.4 is 0 Å². The van der Waals surface area contributed by atoms with Gasteiger partial charge in [0.1, 0.15) is 0 Å². The number of nitrogens with zero attached hydrogens (tertiary/aromatic N) is 4. The van der Waals surface area contributed by atoms with Gasteiger partial charge in [-0.05, 0) is 49.9 Å². The van der Waals surface area contributed by atoms with Crippen molar-refractivity contribution in [1.82, 2.24) is 19.0 Å². The summed E-state index contributed by atoms with van der Waals surface area (Å²) >= 11 is 0. The van der Waals surface area contributed by atoms with Crippen LogP contribution in [0.25, 0.3) is 0 Å². The van der Waals surface area contributed by atoms with E-state index >= 15 is 0 Å². The predicted molar refractivity (Wildman–Crippen MR) is 107 cm³/mol. The van der Waals surface area contributed by atoms with Crippen molar-refractivity contribution in [2.75, 3.05) is 20.1 Å². The first kappa shape index (κ1) is 20.5. The molecule has 0 N–H and O–H groups in total. The summed E-state index contributed by atoms with van der Waals surface area (Å²) in [5.74, 6) is -0.0834. The Morgan fingerprint density at radius 2 is 1.89 bits per heavy atom. The molecule has 152 valence electrons. The van der Waals surface area contributed by atoms with E-state index in [9.17, 15) is 13.2 Å². The Kier molecular flexibility index (Phi) is 5.90. The SMILES string of the molecule is Cc1ccc(S(=O)(=O)N2CCC(C(=O)N(C)Cc3cnn(C)c3)CC2)cc1C. The smallest absolute Gasteiger partial charge is 0.243 e. The summed E-state index contributed by atoms with van der Waals surface area (Å²) < 4.78 is 29.1. The van der Waals surface area contributed by atoms with Crippen molar-refractivity contribution in [3.63, 3.8) is 0 Å². The van der Waals surface area contributed by atoms with Crippen molar-refractivity contribution < 1.29 is 13.2 Å². The van der Waals surface area contributed by atoms with Crippen LogP contribution in [0.4, 0.5) is 0 Å². The van der Waals surface area contributed by atoms with Gasteiger partial charge in [-0.15, -0.1) is 0 Å². The highest BCUT2D eigenvalue weighted by Crippen LogP contribution is 2.26. The standard InChI is InChI=1S/C20H28N4O3S/c1-15-5-6-19(11-16(15)2)28(26,27)24-9-7-18(8-10-24)20(25)22(3)13-17-12-21-23(4)14-17/h5-6,11-12,14,18H,7-10,13H2,1-4H3. The minimum atomic E-state index is -3.52. The van der Waals surface area contributed by atoms with Gasteiger partial charge in [-0.3, -0.25) is 9.48 Å². The van der Waals surface area contributed by atoms with E-state index in [1.807, 2.05) is 33.2 Å². The molecule has 1 amide bonds. The lowest BCUT2D eigenvalue weighted by Crippen LogP contribution is -2.43. The zero-order valence-electron chi connectivity index (χ0n) is 16.9. The topological polar surface area (TPSA) is 75.5 Å². The number of hydrogen-bond donors (Lipinski definition) is 0. The van der Waals surface area contributed by atoms with Gasteiger partial charge in [0.05, 0.1) is 11.1 Å². The summed E-state index contributed by atoms with van der Waals surface area (Å²) in [4.78, 5) is 14.8. The van der Waals surface area contributed by atoms with Gasteiger partial charge in [-0.2, -0.15) is 9.40 Å². The van der Waals surface area contributed by atoms with Crippen molar-refractivity contribution in [2.24, 2.45) is 13.0 Å². The molecule has 0 aliphatic carbocycles. The molecule has 1 fully saturated rings. The quantitative estimate of drug-likeness (QED) is 0.765. The Morgan fingerprint density at radius 3 is 2.46 bits per heavy atom. The number of piperidine rings is 1. The van der Waals surface area contributed by atoms with Crippen LogP contribution >= 0.6 is 0 Å². The van der Waals surface area contributed by atoms with Crippen LogP contribution in [0.1, 0.15) is 29.5 Å². The van der Waals surface area contributed by atoms with Crippen molar-refractivity contribution in [1.29, 1.82) is 0 Å². The largest absolute Gasteiger partial charge is 0.341 e. The molecule has 1 aromatic carbocycles. The van der Waals surface area contributed by atoms with Gasteiger partial charge in [0.2, 0.25) is 15.9 Å². The van der Waals surface area contributed by atoms with Gasteiger partial charge >= 0.3 is 0 Å². The number of sulfonamides is 1. The fraction of sp³-hybridized carbons (Fsp3) is 0.500. The van der Waals surface area contributed by atoms with E-state index in [1.54, 1.807) is 35.0 Å². The number of hydrogen-bond acceptors (Lipinski definition) is 4. The summed E-state index contributed by atoms with van der Waals surface area (Å²) in [5.41, 5.74) is 3.01. The monoisotopic (exact) mass is 404 g/mol. The summed E-state index contributed by atoms with van der Waals surface area (Å²) in [6.07, 6.45) is 4.73. The number of benzene rings is 1. The molecule has 0 unspecified atom stereocenters. The highest BCUT2D eigenvalue weighted by Gasteiger charge is 2.33. The summed E-state index contributed by atoms with van der Waals surface area (Å²) in [7, 11) is 0.110. The van der Waals surface area contributed by atoms with Gasteiger partial charge in [0, 0.05) is 51.4 Å². The highest BCUT2D eigenvalue weighted by atomic mass is 32.2. The first-order chi connectivity index (χ1) is 13.2. The normalized spacial score (nSPS) is 16.3. The van der Waals surface area contributed by atoms with E-state index in [0.29, 0.717) is 37.4 Å². The third kappa shape index (κ3) is 4.28. The molecular formula is C20H28N4O3S. The number of aromatic nitrogens is 2. The molecular weight excluding hydrogens is 376 g/mol. The lowest BCUT2D eigenvalue weighted by molar-refractivity contribution is -0.135. The molecule has 0 saturated carbocycles. The molecule has 2 heterocycles. The second kappa shape index (κ2) is 8.05. The van der Waals surface area contributed by atoms with Crippen molar-refractivity contribution >= 4 is 15.9 Å². The van der Waals surface area contributed by atoms with Gasteiger partial charge in [-0.25, -0.2) is 8.42 Å². The molecule has 1 aromatic heterocycles. The molecule has 1 aliphatic rings. The molecule has 0 spiro atoms. The van der Waals surface area contributed by atoms with Crippen molar-refractivity contribution in [2.45, 2.75) is 38.1 Å². The fourth-order valence-corrected chi connectivity index (χ4v) is 5.14. The molecule has 0 bridgehead atoms. The molecule has 2 aromatic rings. The third-order valence-corrected chi connectivity index (χ3v) is 7.37. The third-order valence-electron chi connectivity index (χ3n) is 5.47. The predicted octanol–water partition coefficient (Wildman–Crippen LogP) is 2.10. The molecule has 0 radical (unpaired) electrons. The average Bonchev–Trinajstić information content (AvgIpc) is 3.08. The zero-order valence-corrected chi connectivity index (χ0v) is 17.7. The molecule has 1 saturated heterocycles. The summed E-state index contributed by atoms with van der Waals surface area (Å²) in [5, 5.41) is 4.12.